The Bertz CT molecular complexity index is 581. The third-order valence-electron chi connectivity index (χ3n) is 2.47. The molecule has 18 heavy (non-hydrogen) atoms. The number of carbonyl (C=O) groups excluding carboxylic acids is 1. The molecular formula is C13H12ClN3O. The number of hydrogen-bond donors (Lipinski definition) is 1. The lowest BCUT2D eigenvalue weighted by Gasteiger charge is -2.07. The molecule has 92 valence electrons. The van der Waals surface area contributed by atoms with Crippen LogP contribution in [-0.2, 0) is 0 Å². The van der Waals surface area contributed by atoms with Crippen LogP contribution in [0, 0.1) is 13.8 Å². The van der Waals surface area contributed by atoms with Crippen molar-refractivity contribution in [2.45, 2.75) is 13.8 Å². The topological polar surface area (TPSA) is 54.9 Å². The molecule has 0 aliphatic carbocycles. The van der Waals surface area contributed by atoms with Gasteiger partial charge in [0.15, 0.2) is 0 Å². The van der Waals surface area contributed by atoms with Gasteiger partial charge in [0.25, 0.3) is 5.91 Å². The number of halogens is 1. The fourth-order valence-corrected chi connectivity index (χ4v) is 1.65. The number of nitrogens with zero attached hydrogens (tertiary/aromatic N) is 2. The number of aryl methyl sites for hydroxylation is 2. The predicted octanol–water partition coefficient (Wildman–Crippen LogP) is 3.00. The van der Waals surface area contributed by atoms with Crippen LogP contribution in [0.15, 0.2) is 30.5 Å². The fraction of sp³-hybridized carbons (Fsp3) is 0.154. The van der Waals surface area contributed by atoms with Crippen molar-refractivity contribution in [1.29, 1.82) is 0 Å². The second kappa shape index (κ2) is 5.14. The summed E-state index contributed by atoms with van der Waals surface area (Å²) < 4.78 is 0. The van der Waals surface area contributed by atoms with Gasteiger partial charge < -0.3 is 5.32 Å². The first-order valence-electron chi connectivity index (χ1n) is 5.43. The SMILES string of the molecule is Cc1ccc(C(=O)Nc2ccc(Cl)nc2C)cn1. The average Bonchev–Trinajstić information content (AvgIpc) is 2.33. The van der Waals surface area contributed by atoms with Gasteiger partial charge in [-0.15, -0.1) is 0 Å². The monoisotopic (exact) mass is 261 g/mol. The van der Waals surface area contributed by atoms with Crippen LogP contribution in [0.5, 0.6) is 0 Å². The molecule has 0 unspecified atom stereocenters. The van der Waals surface area contributed by atoms with Crippen LogP contribution < -0.4 is 5.32 Å². The van der Waals surface area contributed by atoms with Crippen molar-refractivity contribution in [3.63, 3.8) is 0 Å². The molecule has 0 atom stereocenters. The van der Waals surface area contributed by atoms with Crippen LogP contribution >= 0.6 is 11.6 Å². The number of aromatic nitrogens is 2. The number of rotatable bonds is 2. The summed E-state index contributed by atoms with van der Waals surface area (Å²) in [6, 6.07) is 6.89. The summed E-state index contributed by atoms with van der Waals surface area (Å²) in [7, 11) is 0. The third-order valence-corrected chi connectivity index (χ3v) is 2.68. The van der Waals surface area contributed by atoms with Gasteiger partial charge in [-0.05, 0) is 38.1 Å². The van der Waals surface area contributed by atoms with Crippen molar-refractivity contribution in [3.8, 4) is 0 Å². The van der Waals surface area contributed by atoms with Crippen LogP contribution in [0.4, 0.5) is 5.69 Å². The molecule has 0 aromatic carbocycles. The zero-order valence-corrected chi connectivity index (χ0v) is 10.8. The lowest BCUT2D eigenvalue weighted by molar-refractivity contribution is 0.102. The Morgan fingerprint density at radius 3 is 2.61 bits per heavy atom. The van der Waals surface area contributed by atoms with Gasteiger partial charge in [-0.3, -0.25) is 9.78 Å². The van der Waals surface area contributed by atoms with E-state index in [2.05, 4.69) is 15.3 Å². The number of anilines is 1. The van der Waals surface area contributed by atoms with Gasteiger partial charge in [-0.1, -0.05) is 11.6 Å². The molecule has 2 aromatic rings. The largest absolute Gasteiger partial charge is 0.320 e. The molecule has 2 rings (SSSR count). The number of hydrogen-bond acceptors (Lipinski definition) is 3. The zero-order chi connectivity index (χ0) is 13.1. The lowest BCUT2D eigenvalue weighted by Crippen LogP contribution is -2.13. The second-order valence-corrected chi connectivity index (χ2v) is 4.30. The highest BCUT2D eigenvalue weighted by atomic mass is 35.5. The van der Waals surface area contributed by atoms with Gasteiger partial charge in [-0.2, -0.15) is 0 Å². The first-order chi connectivity index (χ1) is 8.56. The summed E-state index contributed by atoms with van der Waals surface area (Å²) in [5.74, 6) is -0.213. The lowest BCUT2D eigenvalue weighted by atomic mass is 10.2. The molecule has 0 radical (unpaired) electrons. The van der Waals surface area contributed by atoms with Crippen molar-refractivity contribution in [2.24, 2.45) is 0 Å². The minimum Gasteiger partial charge on any atom is -0.320 e. The second-order valence-electron chi connectivity index (χ2n) is 3.91. The van der Waals surface area contributed by atoms with E-state index in [1.54, 1.807) is 37.4 Å². The van der Waals surface area contributed by atoms with E-state index in [4.69, 9.17) is 11.6 Å². The molecule has 0 spiro atoms. The summed E-state index contributed by atoms with van der Waals surface area (Å²) in [6.45, 7) is 3.66. The van der Waals surface area contributed by atoms with Crippen LogP contribution in [-0.4, -0.2) is 15.9 Å². The smallest absolute Gasteiger partial charge is 0.257 e. The normalized spacial score (nSPS) is 10.2. The van der Waals surface area contributed by atoms with Gasteiger partial charge in [0.05, 0.1) is 16.9 Å². The highest BCUT2D eigenvalue weighted by Crippen LogP contribution is 2.16. The maximum atomic E-state index is 12.0. The number of nitrogens with one attached hydrogen (secondary N) is 1. The first kappa shape index (κ1) is 12.5. The molecule has 0 fully saturated rings. The molecular weight excluding hydrogens is 250 g/mol. The highest BCUT2D eigenvalue weighted by molar-refractivity contribution is 6.29. The minimum atomic E-state index is -0.213. The fourth-order valence-electron chi connectivity index (χ4n) is 1.46. The van der Waals surface area contributed by atoms with E-state index in [1.807, 2.05) is 6.92 Å². The first-order valence-corrected chi connectivity index (χ1v) is 5.81. The average molecular weight is 262 g/mol. The van der Waals surface area contributed by atoms with E-state index in [-0.39, 0.29) is 5.91 Å². The Balaban J connectivity index is 2.18. The molecule has 0 bridgehead atoms. The van der Waals surface area contributed by atoms with Gasteiger partial charge in [0.1, 0.15) is 5.15 Å². The van der Waals surface area contributed by atoms with Crippen molar-refractivity contribution in [1.82, 2.24) is 9.97 Å². The number of carbonyl (C=O) groups is 1. The molecule has 2 heterocycles. The van der Waals surface area contributed by atoms with Crippen molar-refractivity contribution >= 4 is 23.2 Å². The third kappa shape index (κ3) is 2.84. The Morgan fingerprint density at radius 2 is 2.00 bits per heavy atom. The summed E-state index contributed by atoms with van der Waals surface area (Å²) in [5.41, 5.74) is 2.70. The molecule has 1 amide bonds. The van der Waals surface area contributed by atoms with Crippen LogP contribution in [0.3, 0.4) is 0 Å². The van der Waals surface area contributed by atoms with Gasteiger partial charge in [0, 0.05) is 11.9 Å². The Morgan fingerprint density at radius 1 is 1.22 bits per heavy atom. The van der Waals surface area contributed by atoms with E-state index in [0.717, 1.165) is 5.69 Å². The van der Waals surface area contributed by atoms with Crippen LogP contribution in [0.1, 0.15) is 21.7 Å². The standard InChI is InChI=1S/C13H12ClN3O/c1-8-3-4-10(7-15-8)13(18)17-11-5-6-12(14)16-9(11)2/h3-7H,1-2H3,(H,17,18). The summed E-state index contributed by atoms with van der Waals surface area (Å²) >= 11 is 5.75. The van der Waals surface area contributed by atoms with E-state index in [9.17, 15) is 4.79 Å². The van der Waals surface area contributed by atoms with Crippen LogP contribution in [0.2, 0.25) is 5.15 Å². The minimum absolute atomic E-state index is 0.213. The van der Waals surface area contributed by atoms with E-state index >= 15 is 0 Å². The summed E-state index contributed by atoms with van der Waals surface area (Å²) in [6.07, 6.45) is 1.54. The number of amides is 1. The van der Waals surface area contributed by atoms with Crippen molar-refractivity contribution in [2.75, 3.05) is 5.32 Å². The molecule has 0 saturated heterocycles. The molecule has 2 aromatic heterocycles. The molecule has 0 saturated carbocycles. The summed E-state index contributed by atoms with van der Waals surface area (Å²) in [4.78, 5) is 20.1. The van der Waals surface area contributed by atoms with Crippen molar-refractivity contribution < 1.29 is 4.79 Å². The van der Waals surface area contributed by atoms with E-state index in [0.29, 0.717) is 22.1 Å². The molecule has 0 aliphatic rings. The van der Waals surface area contributed by atoms with E-state index in [1.165, 1.54) is 0 Å². The molecule has 0 aliphatic heterocycles. The molecule has 4 nitrogen and oxygen atoms in total. The van der Waals surface area contributed by atoms with Gasteiger partial charge >= 0.3 is 0 Å². The maximum Gasteiger partial charge on any atom is 0.257 e. The van der Waals surface area contributed by atoms with Gasteiger partial charge in [0.2, 0.25) is 0 Å². The maximum absolute atomic E-state index is 12.0. The van der Waals surface area contributed by atoms with E-state index < -0.39 is 0 Å². The Labute approximate surface area is 110 Å². The zero-order valence-electron chi connectivity index (χ0n) is 10.1. The Kier molecular flexibility index (Phi) is 3.58. The number of pyridine rings is 2. The van der Waals surface area contributed by atoms with Crippen molar-refractivity contribution in [3.05, 3.63) is 52.6 Å². The van der Waals surface area contributed by atoms with Gasteiger partial charge in [-0.25, -0.2) is 4.98 Å². The quantitative estimate of drug-likeness (QED) is 0.846. The molecule has 1 N–H and O–H groups in total. The van der Waals surface area contributed by atoms with Crippen LogP contribution in [0.25, 0.3) is 0 Å². The molecule has 5 heteroatoms. The Hall–Kier alpha value is -1.94. The highest BCUT2D eigenvalue weighted by Gasteiger charge is 2.08. The summed E-state index contributed by atoms with van der Waals surface area (Å²) in [5, 5.41) is 3.18. The predicted molar refractivity (Wildman–Crippen MR) is 70.9 cm³/mol.